The average molecular weight is 405 g/mol. The molecule has 2 amide bonds. The van der Waals surface area contributed by atoms with Crippen LogP contribution in [-0.4, -0.2) is 44.9 Å². The Bertz CT molecular complexity index is 1020. The number of aryl methyl sites for hydroxylation is 1. The maximum Gasteiger partial charge on any atom is 0.258 e. The normalized spacial score (nSPS) is 16.1. The maximum atomic E-state index is 12.5. The van der Waals surface area contributed by atoms with E-state index < -0.39 is 0 Å². The number of nitrogens with zero attached hydrogens (tertiary/aromatic N) is 4. The summed E-state index contributed by atoms with van der Waals surface area (Å²) < 4.78 is 5.25. The molecule has 154 valence electrons. The molecule has 0 saturated carbocycles. The van der Waals surface area contributed by atoms with Crippen molar-refractivity contribution in [3.8, 4) is 11.5 Å². The Kier molecular flexibility index (Phi) is 5.83. The van der Waals surface area contributed by atoms with E-state index in [9.17, 15) is 9.59 Å². The Morgan fingerprint density at radius 1 is 1.20 bits per heavy atom. The minimum atomic E-state index is -0.333. The number of benzene rings is 1. The van der Waals surface area contributed by atoms with Gasteiger partial charge in [-0.1, -0.05) is 35.0 Å². The molecule has 0 bridgehead atoms. The van der Waals surface area contributed by atoms with Crippen LogP contribution >= 0.6 is 0 Å². The smallest absolute Gasteiger partial charge is 0.258 e. The van der Waals surface area contributed by atoms with Crippen LogP contribution < -0.4 is 5.32 Å². The number of rotatable bonds is 7. The zero-order chi connectivity index (χ0) is 20.9. The third-order valence-corrected chi connectivity index (χ3v) is 5.12. The van der Waals surface area contributed by atoms with Crippen LogP contribution in [0, 0.1) is 12.8 Å². The van der Waals surface area contributed by atoms with E-state index in [0.29, 0.717) is 37.8 Å². The van der Waals surface area contributed by atoms with Crippen molar-refractivity contribution in [1.82, 2.24) is 25.3 Å². The molecule has 2 aromatic heterocycles. The van der Waals surface area contributed by atoms with Crippen LogP contribution in [-0.2, 0) is 22.6 Å². The molecular formula is C22H23N5O3. The van der Waals surface area contributed by atoms with Gasteiger partial charge in [-0.3, -0.25) is 14.6 Å². The van der Waals surface area contributed by atoms with Crippen molar-refractivity contribution in [1.29, 1.82) is 0 Å². The number of aromatic nitrogens is 3. The van der Waals surface area contributed by atoms with E-state index in [1.54, 1.807) is 29.4 Å². The molecule has 4 rings (SSSR count). The Morgan fingerprint density at radius 3 is 2.73 bits per heavy atom. The van der Waals surface area contributed by atoms with Crippen LogP contribution in [0.15, 0.2) is 53.3 Å². The summed E-state index contributed by atoms with van der Waals surface area (Å²) >= 11 is 0. The van der Waals surface area contributed by atoms with Crippen molar-refractivity contribution in [2.24, 2.45) is 5.92 Å². The van der Waals surface area contributed by atoms with Crippen LogP contribution in [0.3, 0.4) is 0 Å². The molecular weight excluding hydrogens is 382 g/mol. The highest BCUT2D eigenvalue weighted by Crippen LogP contribution is 2.21. The first-order chi connectivity index (χ1) is 14.6. The third-order valence-electron chi connectivity index (χ3n) is 5.12. The third kappa shape index (κ3) is 4.71. The first-order valence-corrected chi connectivity index (χ1v) is 9.92. The standard InChI is InChI=1S/C22H23N5O3/c1-15-2-4-16(5-3-15)13-27-14-18(12-20(27)28)21(29)24-11-8-19-25-22(30-26-19)17-6-9-23-10-7-17/h2-7,9-10,18H,8,11-14H2,1H3,(H,24,29). The zero-order valence-corrected chi connectivity index (χ0v) is 16.7. The summed E-state index contributed by atoms with van der Waals surface area (Å²) in [6.45, 7) is 3.38. The number of amides is 2. The topological polar surface area (TPSA) is 101 Å². The van der Waals surface area contributed by atoms with Gasteiger partial charge in [-0.15, -0.1) is 0 Å². The van der Waals surface area contributed by atoms with E-state index in [4.69, 9.17) is 4.52 Å². The maximum absolute atomic E-state index is 12.5. The monoisotopic (exact) mass is 405 g/mol. The van der Waals surface area contributed by atoms with Gasteiger partial charge < -0.3 is 14.7 Å². The summed E-state index contributed by atoms with van der Waals surface area (Å²) in [6, 6.07) is 11.7. The molecule has 1 aliphatic heterocycles. The summed E-state index contributed by atoms with van der Waals surface area (Å²) in [5, 5.41) is 6.83. The molecule has 0 radical (unpaired) electrons. The van der Waals surface area contributed by atoms with Crippen molar-refractivity contribution in [3.63, 3.8) is 0 Å². The van der Waals surface area contributed by atoms with Crippen LogP contribution in [0.5, 0.6) is 0 Å². The summed E-state index contributed by atoms with van der Waals surface area (Å²) in [6.07, 6.45) is 4.01. The Morgan fingerprint density at radius 2 is 1.97 bits per heavy atom. The van der Waals surface area contributed by atoms with Crippen LogP contribution in [0.1, 0.15) is 23.4 Å². The predicted molar refractivity (Wildman–Crippen MR) is 109 cm³/mol. The average Bonchev–Trinajstić information content (AvgIpc) is 3.37. The Balaban J connectivity index is 1.25. The number of likely N-dealkylation sites (tertiary alicyclic amines) is 1. The SMILES string of the molecule is Cc1ccc(CN2CC(C(=O)NCCc3noc(-c4ccncc4)n3)CC2=O)cc1. The number of nitrogens with one attached hydrogen (secondary N) is 1. The van der Waals surface area contributed by atoms with Crippen LogP contribution in [0.4, 0.5) is 0 Å². The highest BCUT2D eigenvalue weighted by atomic mass is 16.5. The summed E-state index contributed by atoms with van der Waals surface area (Å²) in [5.74, 6) is 0.501. The number of carbonyl (C=O) groups is 2. The van der Waals surface area contributed by atoms with Gasteiger partial charge in [-0.25, -0.2) is 0 Å². The first kappa shape index (κ1) is 19.8. The van der Waals surface area contributed by atoms with E-state index in [1.807, 2.05) is 31.2 Å². The zero-order valence-electron chi connectivity index (χ0n) is 16.7. The molecule has 0 aliphatic carbocycles. The van der Waals surface area contributed by atoms with Crippen molar-refractivity contribution >= 4 is 11.8 Å². The van der Waals surface area contributed by atoms with Gasteiger partial charge in [0, 0.05) is 50.4 Å². The van der Waals surface area contributed by atoms with Crippen molar-refractivity contribution in [3.05, 3.63) is 65.7 Å². The number of carbonyl (C=O) groups excluding carboxylic acids is 2. The largest absolute Gasteiger partial charge is 0.355 e. The Hall–Kier alpha value is -3.55. The van der Waals surface area contributed by atoms with Crippen LogP contribution in [0.2, 0.25) is 0 Å². The van der Waals surface area contributed by atoms with Gasteiger partial charge in [0.05, 0.1) is 5.92 Å². The van der Waals surface area contributed by atoms with E-state index in [2.05, 4.69) is 20.4 Å². The fraction of sp³-hybridized carbons (Fsp3) is 0.318. The highest BCUT2D eigenvalue weighted by Gasteiger charge is 2.34. The quantitative estimate of drug-likeness (QED) is 0.646. The number of pyridine rings is 1. The molecule has 3 heterocycles. The lowest BCUT2D eigenvalue weighted by Crippen LogP contribution is -2.34. The lowest BCUT2D eigenvalue weighted by Gasteiger charge is -2.16. The van der Waals surface area contributed by atoms with Gasteiger partial charge in [0.25, 0.3) is 5.89 Å². The number of hydrogen-bond acceptors (Lipinski definition) is 6. The molecule has 1 N–H and O–H groups in total. The summed E-state index contributed by atoms with van der Waals surface area (Å²) in [7, 11) is 0. The van der Waals surface area contributed by atoms with E-state index >= 15 is 0 Å². The van der Waals surface area contributed by atoms with Gasteiger partial charge in [0.1, 0.15) is 0 Å². The molecule has 8 nitrogen and oxygen atoms in total. The van der Waals surface area contributed by atoms with Gasteiger partial charge in [-0.2, -0.15) is 4.98 Å². The second-order valence-electron chi connectivity index (χ2n) is 7.45. The van der Waals surface area contributed by atoms with Crippen LogP contribution in [0.25, 0.3) is 11.5 Å². The fourth-order valence-electron chi connectivity index (χ4n) is 3.42. The first-order valence-electron chi connectivity index (χ1n) is 9.92. The second kappa shape index (κ2) is 8.86. The van der Waals surface area contributed by atoms with Crippen molar-refractivity contribution in [2.75, 3.05) is 13.1 Å². The summed E-state index contributed by atoms with van der Waals surface area (Å²) in [5.41, 5.74) is 3.04. The van der Waals surface area contributed by atoms with E-state index in [1.165, 1.54) is 5.56 Å². The summed E-state index contributed by atoms with van der Waals surface area (Å²) in [4.78, 5) is 34.8. The van der Waals surface area contributed by atoms with Gasteiger partial charge in [0.15, 0.2) is 5.82 Å². The van der Waals surface area contributed by atoms with Crippen molar-refractivity contribution in [2.45, 2.75) is 26.3 Å². The van der Waals surface area contributed by atoms with Gasteiger partial charge >= 0.3 is 0 Å². The predicted octanol–water partition coefficient (Wildman–Crippen LogP) is 2.15. The molecule has 30 heavy (non-hydrogen) atoms. The molecule has 1 fully saturated rings. The molecule has 1 atom stereocenters. The van der Waals surface area contributed by atoms with Gasteiger partial charge in [-0.05, 0) is 24.6 Å². The molecule has 8 heteroatoms. The molecule has 3 aromatic rings. The molecule has 1 aliphatic rings. The number of hydrogen-bond donors (Lipinski definition) is 1. The van der Waals surface area contributed by atoms with E-state index in [-0.39, 0.29) is 24.2 Å². The highest BCUT2D eigenvalue weighted by molar-refractivity contribution is 5.89. The van der Waals surface area contributed by atoms with Crippen molar-refractivity contribution < 1.29 is 14.1 Å². The lowest BCUT2D eigenvalue weighted by atomic mass is 10.1. The molecule has 1 saturated heterocycles. The van der Waals surface area contributed by atoms with E-state index in [0.717, 1.165) is 11.1 Å². The molecule has 1 aromatic carbocycles. The molecule has 1 unspecified atom stereocenters. The minimum Gasteiger partial charge on any atom is -0.355 e. The molecule has 0 spiro atoms. The van der Waals surface area contributed by atoms with Gasteiger partial charge in [0.2, 0.25) is 11.8 Å². The Labute approximate surface area is 174 Å². The second-order valence-corrected chi connectivity index (χ2v) is 7.45. The lowest BCUT2D eigenvalue weighted by molar-refractivity contribution is -0.129. The fourth-order valence-corrected chi connectivity index (χ4v) is 3.42. The minimum absolute atomic E-state index is 0.0101.